The smallest absolute Gasteiger partial charge is 0.103 e. The molecule has 2 rings (SSSR count). The van der Waals surface area contributed by atoms with Gasteiger partial charge in [0.1, 0.15) is 5.78 Å². The second kappa shape index (κ2) is 7.92. The minimum Gasteiger partial charge on any atom is -0.372 e. The van der Waals surface area contributed by atoms with E-state index in [0.29, 0.717) is 12.5 Å². The average Bonchev–Trinajstić information content (AvgIpc) is 2.52. The molecule has 0 saturated heterocycles. The fourth-order valence-corrected chi connectivity index (χ4v) is 4.72. The lowest BCUT2D eigenvalue weighted by atomic mass is 10.2. The zero-order chi connectivity index (χ0) is 16.0. The molecule has 0 aromatic heterocycles. The van der Waals surface area contributed by atoms with E-state index in [0.717, 1.165) is 5.69 Å². The van der Waals surface area contributed by atoms with Crippen molar-refractivity contribution in [2.75, 3.05) is 18.6 Å². The maximum absolute atomic E-state index is 6.14. The first-order valence-corrected chi connectivity index (χ1v) is 10.8. The molecular weight excluding hydrogens is 309 g/mol. The highest BCUT2D eigenvalue weighted by atomic mass is 32.4. The van der Waals surface area contributed by atoms with Gasteiger partial charge in [-0.15, -0.1) is 0 Å². The van der Waals surface area contributed by atoms with Crippen LogP contribution in [0.3, 0.4) is 0 Å². The number of anilines is 1. The summed E-state index contributed by atoms with van der Waals surface area (Å²) < 4.78 is 6.14. The summed E-state index contributed by atoms with van der Waals surface area (Å²) in [6, 6.07) is 20.5. The van der Waals surface area contributed by atoms with E-state index in [-0.39, 0.29) is 5.78 Å². The van der Waals surface area contributed by atoms with Gasteiger partial charge in [-0.1, -0.05) is 74.2 Å². The largest absolute Gasteiger partial charge is 0.372 e. The summed E-state index contributed by atoms with van der Waals surface area (Å²) in [6.07, 6.45) is -2.02. The van der Waals surface area contributed by atoms with Crippen LogP contribution in [0.2, 0.25) is 0 Å². The molecule has 2 aromatic rings. The molecule has 1 N–H and O–H groups in total. The standard InChI is InChI=1S/C18H24NOPS/c1-15(2)14-20-21(3,22)18(16-10-6-4-7-11-16)19-17-12-8-5-9-13-17/h4-13,15,18-19H,14H2,1-3H3. The number of rotatable bonds is 7. The van der Waals surface area contributed by atoms with Crippen molar-refractivity contribution in [3.63, 3.8) is 0 Å². The molecule has 4 heteroatoms. The molecule has 2 nitrogen and oxygen atoms in total. The Morgan fingerprint density at radius 1 is 1.00 bits per heavy atom. The van der Waals surface area contributed by atoms with E-state index in [2.05, 4.69) is 50.1 Å². The van der Waals surface area contributed by atoms with Crippen LogP contribution in [0.1, 0.15) is 25.2 Å². The molecule has 0 saturated carbocycles. The second-order valence-corrected chi connectivity index (χ2v) is 10.7. The minimum atomic E-state index is -2.02. The van der Waals surface area contributed by atoms with Gasteiger partial charge in [0.25, 0.3) is 0 Å². The van der Waals surface area contributed by atoms with Gasteiger partial charge >= 0.3 is 0 Å². The molecule has 118 valence electrons. The average molecular weight is 333 g/mol. The first kappa shape index (κ1) is 17.2. The van der Waals surface area contributed by atoms with Crippen LogP contribution in [0.4, 0.5) is 5.69 Å². The molecule has 0 amide bonds. The number of hydrogen-bond acceptors (Lipinski definition) is 3. The van der Waals surface area contributed by atoms with Crippen molar-refractivity contribution in [1.29, 1.82) is 0 Å². The fraction of sp³-hybridized carbons (Fsp3) is 0.333. The van der Waals surface area contributed by atoms with E-state index in [4.69, 9.17) is 16.3 Å². The van der Waals surface area contributed by atoms with Crippen LogP contribution < -0.4 is 5.32 Å². The third-order valence-electron chi connectivity index (χ3n) is 3.33. The van der Waals surface area contributed by atoms with Crippen molar-refractivity contribution in [3.05, 3.63) is 66.2 Å². The Labute approximate surface area is 139 Å². The van der Waals surface area contributed by atoms with Gasteiger partial charge in [-0.05, 0) is 30.3 Å². The van der Waals surface area contributed by atoms with Crippen molar-refractivity contribution in [2.24, 2.45) is 5.92 Å². The van der Waals surface area contributed by atoms with E-state index in [9.17, 15) is 0 Å². The van der Waals surface area contributed by atoms with Crippen LogP contribution >= 0.6 is 6.26 Å². The van der Waals surface area contributed by atoms with Gasteiger partial charge in [0.2, 0.25) is 0 Å². The Hall–Kier alpha value is -1.15. The van der Waals surface area contributed by atoms with Crippen molar-refractivity contribution < 1.29 is 4.52 Å². The van der Waals surface area contributed by atoms with Gasteiger partial charge in [-0.3, -0.25) is 0 Å². The molecule has 2 aromatic carbocycles. The lowest BCUT2D eigenvalue weighted by Gasteiger charge is -2.30. The van der Waals surface area contributed by atoms with Gasteiger partial charge < -0.3 is 9.84 Å². The first-order chi connectivity index (χ1) is 10.5. The minimum absolute atomic E-state index is 0.0184. The Bertz CT molecular complexity index is 615. The normalized spacial score (nSPS) is 15.3. The van der Waals surface area contributed by atoms with Gasteiger partial charge in [0, 0.05) is 5.69 Å². The van der Waals surface area contributed by atoms with Crippen LogP contribution in [0, 0.1) is 5.92 Å². The quantitative estimate of drug-likeness (QED) is 0.677. The van der Waals surface area contributed by atoms with Gasteiger partial charge in [0.15, 0.2) is 0 Å². The van der Waals surface area contributed by atoms with E-state index in [1.165, 1.54) is 5.56 Å². The zero-order valence-corrected chi connectivity index (χ0v) is 15.1. The highest BCUT2D eigenvalue weighted by molar-refractivity contribution is 8.12. The SMILES string of the molecule is CC(C)COP(C)(=S)C(Nc1ccccc1)c1ccccc1. The summed E-state index contributed by atoms with van der Waals surface area (Å²) in [5.74, 6) is 0.500. The number of benzene rings is 2. The lowest BCUT2D eigenvalue weighted by Crippen LogP contribution is -2.14. The summed E-state index contributed by atoms with van der Waals surface area (Å²) in [5.41, 5.74) is 2.25. The molecule has 0 aliphatic carbocycles. The van der Waals surface area contributed by atoms with Crippen molar-refractivity contribution in [2.45, 2.75) is 19.6 Å². The van der Waals surface area contributed by atoms with Crippen LogP contribution in [-0.2, 0) is 16.3 Å². The molecule has 0 fully saturated rings. The maximum atomic E-state index is 6.14. The van der Waals surface area contributed by atoms with Gasteiger partial charge in [0.05, 0.1) is 12.9 Å². The fourth-order valence-electron chi connectivity index (χ4n) is 2.17. The Kier molecular flexibility index (Phi) is 6.19. The highest BCUT2D eigenvalue weighted by Gasteiger charge is 2.26. The predicted octanol–water partition coefficient (Wildman–Crippen LogP) is 5.49. The van der Waals surface area contributed by atoms with E-state index >= 15 is 0 Å². The summed E-state index contributed by atoms with van der Waals surface area (Å²) in [5, 5.41) is 3.58. The molecule has 2 unspecified atom stereocenters. The third-order valence-corrected chi connectivity index (χ3v) is 6.30. The van der Waals surface area contributed by atoms with Crippen molar-refractivity contribution >= 4 is 23.8 Å². The molecule has 22 heavy (non-hydrogen) atoms. The summed E-state index contributed by atoms with van der Waals surface area (Å²) >= 11 is 5.89. The number of hydrogen-bond donors (Lipinski definition) is 1. The molecule has 0 radical (unpaired) electrons. The van der Waals surface area contributed by atoms with Gasteiger partial charge in [-0.2, -0.15) is 0 Å². The maximum Gasteiger partial charge on any atom is 0.103 e. The van der Waals surface area contributed by atoms with Crippen molar-refractivity contribution in [1.82, 2.24) is 0 Å². The van der Waals surface area contributed by atoms with E-state index in [1.54, 1.807) is 0 Å². The highest BCUT2D eigenvalue weighted by Crippen LogP contribution is 2.57. The molecule has 0 bridgehead atoms. The van der Waals surface area contributed by atoms with Crippen molar-refractivity contribution in [3.8, 4) is 0 Å². The molecule has 0 spiro atoms. The Morgan fingerprint density at radius 3 is 2.09 bits per heavy atom. The number of para-hydroxylation sites is 1. The Balaban J connectivity index is 2.27. The zero-order valence-electron chi connectivity index (χ0n) is 13.4. The van der Waals surface area contributed by atoms with Crippen LogP contribution in [-0.4, -0.2) is 13.3 Å². The molecule has 0 aliphatic heterocycles. The summed E-state index contributed by atoms with van der Waals surface area (Å²) in [6.45, 7) is 7.08. The van der Waals surface area contributed by atoms with Gasteiger partial charge in [-0.25, -0.2) is 0 Å². The van der Waals surface area contributed by atoms with Crippen LogP contribution in [0.5, 0.6) is 0 Å². The molecule has 0 heterocycles. The topological polar surface area (TPSA) is 21.3 Å². The molecular formula is C18H24NOPS. The van der Waals surface area contributed by atoms with Crippen LogP contribution in [0.25, 0.3) is 0 Å². The first-order valence-electron chi connectivity index (χ1n) is 7.57. The van der Waals surface area contributed by atoms with E-state index < -0.39 is 6.26 Å². The monoisotopic (exact) mass is 333 g/mol. The predicted molar refractivity (Wildman–Crippen MR) is 100 cm³/mol. The third kappa shape index (κ3) is 4.95. The van der Waals surface area contributed by atoms with E-state index in [1.807, 2.05) is 36.4 Å². The Morgan fingerprint density at radius 2 is 1.55 bits per heavy atom. The lowest BCUT2D eigenvalue weighted by molar-refractivity contribution is 0.296. The molecule has 2 atom stereocenters. The second-order valence-electron chi connectivity index (χ2n) is 5.92. The number of nitrogens with one attached hydrogen (secondary N) is 1. The summed E-state index contributed by atoms with van der Waals surface area (Å²) in [7, 11) is 0. The summed E-state index contributed by atoms with van der Waals surface area (Å²) in [4.78, 5) is 0. The van der Waals surface area contributed by atoms with Crippen LogP contribution in [0.15, 0.2) is 60.7 Å². The molecule has 0 aliphatic rings.